The summed E-state index contributed by atoms with van der Waals surface area (Å²) in [5.41, 5.74) is 15.3. The zero-order valence-electron chi connectivity index (χ0n) is 25.6. The first-order valence-corrected chi connectivity index (χ1v) is 18.4. The summed E-state index contributed by atoms with van der Waals surface area (Å²) in [4.78, 5) is 29.5. The number of nitrogens with two attached hydrogens (primary N) is 1. The highest BCUT2D eigenvalue weighted by Gasteiger charge is 2.32. The summed E-state index contributed by atoms with van der Waals surface area (Å²) in [5.74, 6) is 2.00. The number of aromatic nitrogens is 3. The fourth-order valence-electron chi connectivity index (χ4n) is 6.69. The van der Waals surface area contributed by atoms with Crippen LogP contribution in [0.3, 0.4) is 0 Å². The number of amides is 1. The minimum absolute atomic E-state index is 0.176. The second-order valence-corrected chi connectivity index (χ2v) is 14.0. The van der Waals surface area contributed by atoms with Crippen molar-refractivity contribution in [3.05, 3.63) is 70.5 Å². The summed E-state index contributed by atoms with van der Waals surface area (Å²) in [6.45, 7) is 15.4. The second kappa shape index (κ2) is 12.3. The van der Waals surface area contributed by atoms with Crippen molar-refractivity contribution in [1.82, 2.24) is 18.8 Å². The Bertz CT molecular complexity index is 1690. The van der Waals surface area contributed by atoms with E-state index in [-0.39, 0.29) is 18.5 Å². The van der Waals surface area contributed by atoms with Gasteiger partial charge in [-0.25, -0.2) is 9.97 Å². The van der Waals surface area contributed by atoms with Crippen LogP contribution < -0.4 is 15.5 Å². The van der Waals surface area contributed by atoms with Crippen LogP contribution in [-0.4, -0.2) is 63.5 Å². The predicted octanol–water partition coefficient (Wildman–Crippen LogP) is 6.24. The number of primary amides is 1. The van der Waals surface area contributed by atoms with Crippen LogP contribution in [0.5, 0.6) is 0 Å². The molecule has 226 valence electrons. The van der Waals surface area contributed by atoms with E-state index in [9.17, 15) is 4.79 Å². The van der Waals surface area contributed by atoms with Crippen LogP contribution in [0.4, 0.5) is 11.5 Å². The molecule has 1 saturated heterocycles. The number of benzene rings is 2. The van der Waals surface area contributed by atoms with Crippen LogP contribution in [0, 0.1) is 13.8 Å². The van der Waals surface area contributed by atoms with Gasteiger partial charge in [0.15, 0.2) is 5.82 Å². The van der Waals surface area contributed by atoms with Crippen molar-refractivity contribution in [1.29, 1.82) is 0 Å². The predicted molar refractivity (Wildman–Crippen MR) is 187 cm³/mol. The normalized spacial score (nSPS) is 17.6. The Kier molecular flexibility index (Phi) is 8.63. The van der Waals surface area contributed by atoms with Gasteiger partial charge in [-0.1, -0.05) is 38.1 Å². The number of fused-ring (bicyclic) bond motifs is 2. The molecule has 2 aliphatic heterocycles. The van der Waals surface area contributed by atoms with E-state index in [0.29, 0.717) is 5.92 Å². The zero-order chi connectivity index (χ0) is 30.4. The second-order valence-electron chi connectivity index (χ2n) is 12.3. The van der Waals surface area contributed by atoms with E-state index >= 15 is 0 Å². The van der Waals surface area contributed by atoms with Gasteiger partial charge in [0, 0.05) is 104 Å². The highest BCUT2D eigenvalue weighted by molar-refractivity contribution is 14.2. The summed E-state index contributed by atoms with van der Waals surface area (Å²) in [6.07, 6.45) is 3.05. The molecule has 0 radical (unpaired) electrons. The van der Waals surface area contributed by atoms with Crippen molar-refractivity contribution in [2.24, 2.45) is 5.73 Å². The van der Waals surface area contributed by atoms with E-state index in [1.54, 1.807) is 9.12 Å². The maximum atomic E-state index is 11.7. The van der Waals surface area contributed by atoms with Crippen LogP contribution >= 0.6 is 30.3 Å². The molecule has 1 amide bonds. The van der Waals surface area contributed by atoms with Gasteiger partial charge in [0.05, 0.1) is 17.8 Å². The molecule has 0 bridgehead atoms. The summed E-state index contributed by atoms with van der Waals surface area (Å²) in [5, 5.41) is 1.20. The molecule has 1 fully saturated rings. The number of hydrogen-bond acceptors (Lipinski definition) is 7. The van der Waals surface area contributed by atoms with Gasteiger partial charge in [-0.2, -0.15) is 0 Å². The molecule has 1 atom stereocenters. The molecule has 0 spiro atoms. The number of carbonyl (C=O) groups is 1. The quantitative estimate of drug-likeness (QED) is 0.228. The maximum Gasteiger partial charge on any atom is 0.231 e. The summed E-state index contributed by atoms with van der Waals surface area (Å²) < 4.78 is 2.21. The third-order valence-electron chi connectivity index (χ3n) is 8.94. The van der Waals surface area contributed by atoms with Crippen molar-refractivity contribution in [2.75, 3.05) is 42.5 Å². The monoisotopic (exact) mass is 709 g/mol. The topological polar surface area (TPSA) is 83.5 Å². The molecule has 2 N–H and O–H groups in total. The molecule has 0 aliphatic carbocycles. The van der Waals surface area contributed by atoms with Gasteiger partial charge in [-0.15, -0.1) is 0 Å². The Balaban J connectivity index is 1.46. The number of halogens is 1. The summed E-state index contributed by atoms with van der Waals surface area (Å²) >= 11 is 2.33. The number of anilines is 2. The molecule has 6 rings (SSSR count). The third kappa shape index (κ3) is 5.85. The Morgan fingerprint density at radius 2 is 1.93 bits per heavy atom. The van der Waals surface area contributed by atoms with Crippen molar-refractivity contribution in [2.45, 2.75) is 59.5 Å². The van der Waals surface area contributed by atoms with Crippen LogP contribution in [0.25, 0.3) is 22.3 Å². The standard InChI is InChI=1S/C33H40IN7OS/c1-20(2)24-10-9-21(3)29(15-24)39-12-11-27-26(18-39)33(40-14-13-38(17-23(40)5)19-30(35)42)37-32(36-27)25-7-6-8-28-31(25)22(4)16-41(28)43-34/h6-10,15-16,20,23H,11-14,17-19H2,1-5H3,(H2,35,42). The van der Waals surface area contributed by atoms with Gasteiger partial charge >= 0.3 is 0 Å². The van der Waals surface area contributed by atoms with Gasteiger partial charge in [-0.3, -0.25) is 13.7 Å². The van der Waals surface area contributed by atoms with Crippen LogP contribution in [0.15, 0.2) is 42.6 Å². The first kappa shape index (κ1) is 30.2. The molecule has 0 saturated carbocycles. The number of rotatable bonds is 7. The van der Waals surface area contributed by atoms with Crippen LogP contribution in [0.1, 0.15) is 54.6 Å². The minimum atomic E-state index is -0.281. The number of aryl methyl sites for hydroxylation is 2. The van der Waals surface area contributed by atoms with Crippen LogP contribution in [0.2, 0.25) is 0 Å². The molecule has 10 heteroatoms. The van der Waals surface area contributed by atoms with E-state index < -0.39 is 0 Å². The third-order valence-corrected chi connectivity index (χ3v) is 10.7. The van der Waals surface area contributed by atoms with Crippen molar-refractivity contribution in [3.63, 3.8) is 0 Å². The van der Waals surface area contributed by atoms with Gasteiger partial charge < -0.3 is 15.5 Å². The van der Waals surface area contributed by atoms with Gasteiger partial charge in [0.1, 0.15) is 5.82 Å². The number of hydrogen-bond donors (Lipinski definition) is 1. The molecule has 4 aromatic rings. The maximum absolute atomic E-state index is 11.7. The lowest BCUT2D eigenvalue weighted by atomic mass is 9.97. The number of nitrogens with zero attached hydrogens (tertiary/aromatic N) is 6. The van der Waals surface area contributed by atoms with Gasteiger partial charge in [0.2, 0.25) is 5.91 Å². The summed E-state index contributed by atoms with van der Waals surface area (Å²) in [6, 6.07) is 13.5. The Labute approximate surface area is 270 Å². The van der Waals surface area contributed by atoms with E-state index in [4.69, 9.17) is 15.7 Å². The van der Waals surface area contributed by atoms with E-state index in [1.807, 2.05) is 0 Å². The lowest BCUT2D eigenvalue weighted by Gasteiger charge is -2.42. The summed E-state index contributed by atoms with van der Waals surface area (Å²) in [7, 11) is 1.67. The highest BCUT2D eigenvalue weighted by atomic mass is 127. The Morgan fingerprint density at radius 1 is 1.12 bits per heavy atom. The first-order valence-electron chi connectivity index (χ1n) is 15.1. The SMILES string of the molecule is Cc1ccc(C(C)C)cc1N1CCc2nc(-c3cccc4c3c(C)cn4SI)nc(N3CCN(CC(N)=O)CC3C)c2C1. The van der Waals surface area contributed by atoms with Crippen molar-refractivity contribution >= 4 is 58.6 Å². The molecule has 8 nitrogen and oxygen atoms in total. The minimum Gasteiger partial charge on any atom is -0.369 e. The molecule has 4 heterocycles. The molecule has 2 aromatic carbocycles. The van der Waals surface area contributed by atoms with E-state index in [0.717, 1.165) is 62.0 Å². The van der Waals surface area contributed by atoms with E-state index in [1.165, 1.54) is 38.8 Å². The molecule has 2 aliphatic rings. The van der Waals surface area contributed by atoms with E-state index in [2.05, 4.69) is 117 Å². The molecular weight excluding hydrogens is 669 g/mol. The van der Waals surface area contributed by atoms with Crippen molar-refractivity contribution in [3.8, 4) is 11.4 Å². The van der Waals surface area contributed by atoms with Crippen molar-refractivity contribution < 1.29 is 4.79 Å². The number of carbonyl (C=O) groups excluding carboxylic acids is 1. The highest BCUT2D eigenvalue weighted by Crippen LogP contribution is 2.38. The number of piperazine rings is 1. The fraction of sp³-hybridized carbons (Fsp3) is 0.424. The van der Waals surface area contributed by atoms with Gasteiger partial charge in [-0.05, 0) is 55.5 Å². The molecule has 43 heavy (non-hydrogen) atoms. The molecule has 2 aromatic heterocycles. The first-order chi connectivity index (χ1) is 20.6. The largest absolute Gasteiger partial charge is 0.369 e. The van der Waals surface area contributed by atoms with Crippen LogP contribution in [-0.2, 0) is 17.8 Å². The lowest BCUT2D eigenvalue weighted by Crippen LogP contribution is -2.54. The zero-order valence-corrected chi connectivity index (χ0v) is 28.6. The average Bonchev–Trinajstić information content (AvgIpc) is 3.32. The average molecular weight is 710 g/mol. The molecular formula is C33H40IN7OS. The molecule has 1 unspecified atom stereocenters. The Morgan fingerprint density at radius 3 is 2.65 bits per heavy atom. The Hall–Kier alpha value is -2.83. The fourth-order valence-corrected chi connectivity index (χ4v) is 8.09. The smallest absolute Gasteiger partial charge is 0.231 e. The van der Waals surface area contributed by atoms with Gasteiger partial charge in [0.25, 0.3) is 0 Å². The lowest BCUT2D eigenvalue weighted by molar-refractivity contribution is -0.119.